The van der Waals surface area contributed by atoms with Crippen molar-refractivity contribution in [2.75, 3.05) is 25.5 Å². The van der Waals surface area contributed by atoms with Crippen LogP contribution in [0.5, 0.6) is 11.5 Å². The number of anilines is 1. The second kappa shape index (κ2) is 8.71. The number of rotatable bonds is 7. The molecule has 0 fully saturated rings. The van der Waals surface area contributed by atoms with Crippen molar-refractivity contribution in [3.63, 3.8) is 0 Å². The third-order valence-electron chi connectivity index (χ3n) is 5.05. The quantitative estimate of drug-likeness (QED) is 0.434. The molecule has 4 aromatic rings. The molecule has 1 aliphatic heterocycles. The van der Waals surface area contributed by atoms with Crippen molar-refractivity contribution in [1.29, 1.82) is 0 Å². The zero-order valence-corrected chi connectivity index (χ0v) is 18.7. The Morgan fingerprint density at radius 2 is 2.00 bits per heavy atom. The van der Waals surface area contributed by atoms with E-state index in [1.54, 1.807) is 6.26 Å². The number of hydrogen-bond acceptors (Lipinski definition) is 9. The van der Waals surface area contributed by atoms with E-state index in [1.807, 2.05) is 24.3 Å². The van der Waals surface area contributed by atoms with Gasteiger partial charge in [0, 0.05) is 29.6 Å². The molecule has 0 unspecified atom stereocenters. The fourth-order valence-electron chi connectivity index (χ4n) is 3.56. The normalized spacial score (nSPS) is 13.2. The van der Waals surface area contributed by atoms with Gasteiger partial charge in [-0.25, -0.2) is 15.0 Å². The van der Waals surface area contributed by atoms with Gasteiger partial charge in [-0.05, 0) is 24.3 Å². The Hall–Kier alpha value is -3.24. The summed E-state index contributed by atoms with van der Waals surface area (Å²) < 4.78 is 19.4. The maximum absolute atomic E-state index is 6.10. The molecule has 0 saturated heterocycles. The number of nitrogen functional groups attached to an aromatic ring is 1. The Kier molecular flexibility index (Phi) is 5.62. The van der Waals surface area contributed by atoms with E-state index in [1.165, 1.54) is 18.1 Å². The first-order valence-electron chi connectivity index (χ1n) is 10.5. The molecule has 3 aromatic heterocycles. The van der Waals surface area contributed by atoms with Crippen molar-refractivity contribution in [3.8, 4) is 22.8 Å². The van der Waals surface area contributed by atoms with Crippen molar-refractivity contribution < 1.29 is 13.9 Å². The predicted molar refractivity (Wildman–Crippen MR) is 122 cm³/mol. The lowest BCUT2D eigenvalue weighted by Gasteiger charge is -2.20. The Bertz CT molecular complexity index is 1240. The van der Waals surface area contributed by atoms with E-state index in [4.69, 9.17) is 24.6 Å². The Morgan fingerprint density at radius 3 is 2.75 bits per heavy atom. The van der Waals surface area contributed by atoms with Crippen molar-refractivity contribution in [2.45, 2.75) is 36.5 Å². The third-order valence-corrected chi connectivity index (χ3v) is 6.10. The SMILES string of the molecule is CC(C)NCCn1c(Sc2cc3c(cc2-c2ccco2)OCCO3)nc2c(N)ncnc21. The van der Waals surface area contributed by atoms with Crippen LogP contribution in [0.1, 0.15) is 13.8 Å². The van der Waals surface area contributed by atoms with Crippen LogP contribution in [0.15, 0.2) is 51.3 Å². The first kappa shape index (κ1) is 20.7. The number of nitrogens with zero attached hydrogens (tertiary/aromatic N) is 4. The van der Waals surface area contributed by atoms with Crippen LogP contribution in [0.3, 0.4) is 0 Å². The van der Waals surface area contributed by atoms with Crippen molar-refractivity contribution >= 4 is 28.7 Å². The topological polar surface area (TPSA) is 113 Å². The standard InChI is InChI=1S/C22H24N6O3S/c1-13(2)24-5-6-28-21-19(20(23)25-12-26-21)27-22(28)32-18-11-17-16(30-8-9-31-17)10-14(18)15-4-3-7-29-15/h3-4,7,10-13,24H,5-6,8-9H2,1-2H3,(H2,23,25,26). The van der Waals surface area contributed by atoms with Gasteiger partial charge in [-0.15, -0.1) is 0 Å². The van der Waals surface area contributed by atoms with E-state index >= 15 is 0 Å². The smallest absolute Gasteiger partial charge is 0.175 e. The maximum Gasteiger partial charge on any atom is 0.175 e. The highest BCUT2D eigenvalue weighted by molar-refractivity contribution is 7.99. The number of nitrogens with one attached hydrogen (secondary N) is 1. The molecule has 9 nitrogen and oxygen atoms in total. The molecule has 10 heteroatoms. The molecule has 0 spiro atoms. The Morgan fingerprint density at radius 1 is 1.19 bits per heavy atom. The highest BCUT2D eigenvalue weighted by Crippen LogP contribution is 2.44. The summed E-state index contributed by atoms with van der Waals surface area (Å²) in [6.07, 6.45) is 3.13. The van der Waals surface area contributed by atoms with Gasteiger partial charge >= 0.3 is 0 Å². The second-order valence-electron chi connectivity index (χ2n) is 7.66. The molecule has 32 heavy (non-hydrogen) atoms. The first-order chi connectivity index (χ1) is 15.6. The molecule has 0 radical (unpaired) electrons. The monoisotopic (exact) mass is 452 g/mol. The van der Waals surface area contributed by atoms with Gasteiger partial charge in [-0.3, -0.25) is 0 Å². The number of aromatic nitrogens is 4. The van der Waals surface area contributed by atoms with Crippen molar-refractivity contribution in [3.05, 3.63) is 36.9 Å². The van der Waals surface area contributed by atoms with Gasteiger partial charge < -0.3 is 29.5 Å². The van der Waals surface area contributed by atoms with Gasteiger partial charge in [-0.2, -0.15) is 0 Å². The lowest BCUT2D eigenvalue weighted by molar-refractivity contribution is 0.171. The average molecular weight is 453 g/mol. The van der Waals surface area contributed by atoms with E-state index in [-0.39, 0.29) is 0 Å². The van der Waals surface area contributed by atoms with Crippen LogP contribution in [0.4, 0.5) is 5.82 Å². The van der Waals surface area contributed by atoms with Crippen molar-refractivity contribution in [1.82, 2.24) is 24.8 Å². The van der Waals surface area contributed by atoms with Crippen LogP contribution in [-0.4, -0.2) is 45.3 Å². The van der Waals surface area contributed by atoms with E-state index in [0.717, 1.165) is 27.9 Å². The molecule has 166 valence electrons. The molecule has 0 aliphatic carbocycles. The molecular weight excluding hydrogens is 428 g/mol. The zero-order valence-electron chi connectivity index (χ0n) is 17.9. The number of fused-ring (bicyclic) bond motifs is 2. The molecule has 3 N–H and O–H groups in total. The molecule has 1 aromatic carbocycles. The molecular formula is C22H24N6O3S. The zero-order chi connectivity index (χ0) is 22.1. The maximum atomic E-state index is 6.10. The predicted octanol–water partition coefficient (Wildman–Crippen LogP) is 3.59. The first-order valence-corrected chi connectivity index (χ1v) is 11.3. The highest BCUT2D eigenvalue weighted by atomic mass is 32.2. The summed E-state index contributed by atoms with van der Waals surface area (Å²) in [5.41, 5.74) is 8.31. The molecule has 0 saturated carbocycles. The number of imidazole rings is 1. The summed E-state index contributed by atoms with van der Waals surface area (Å²) in [5, 5.41) is 4.21. The largest absolute Gasteiger partial charge is 0.486 e. The minimum Gasteiger partial charge on any atom is -0.486 e. The number of nitrogens with two attached hydrogens (primary N) is 1. The van der Waals surface area contributed by atoms with Gasteiger partial charge in [0.05, 0.1) is 6.26 Å². The highest BCUT2D eigenvalue weighted by Gasteiger charge is 2.22. The molecule has 0 bridgehead atoms. The minimum atomic E-state index is 0.362. The second-order valence-corrected chi connectivity index (χ2v) is 8.67. The number of furan rings is 1. The van der Waals surface area contributed by atoms with Crippen LogP contribution in [0.25, 0.3) is 22.5 Å². The van der Waals surface area contributed by atoms with Gasteiger partial charge in [0.1, 0.15) is 25.3 Å². The fourth-order valence-corrected chi connectivity index (χ4v) is 4.61. The van der Waals surface area contributed by atoms with Gasteiger partial charge in [0.25, 0.3) is 0 Å². The Labute approximate surface area is 189 Å². The van der Waals surface area contributed by atoms with Gasteiger partial charge in [0.2, 0.25) is 0 Å². The summed E-state index contributed by atoms with van der Waals surface area (Å²) in [6.45, 7) is 6.73. The molecule has 5 rings (SSSR count). The number of hydrogen-bond donors (Lipinski definition) is 2. The summed E-state index contributed by atoms with van der Waals surface area (Å²) in [5.74, 6) is 2.52. The lowest BCUT2D eigenvalue weighted by Crippen LogP contribution is -2.26. The minimum absolute atomic E-state index is 0.362. The van der Waals surface area contributed by atoms with Crippen LogP contribution < -0.4 is 20.5 Å². The van der Waals surface area contributed by atoms with Crippen molar-refractivity contribution in [2.24, 2.45) is 0 Å². The van der Waals surface area contributed by atoms with E-state index in [9.17, 15) is 0 Å². The molecule has 0 amide bonds. The molecule has 1 aliphatic rings. The Balaban J connectivity index is 1.59. The molecule has 4 heterocycles. The van der Waals surface area contributed by atoms with Crippen LogP contribution in [-0.2, 0) is 6.54 Å². The van der Waals surface area contributed by atoms with E-state index in [0.29, 0.717) is 54.3 Å². The summed E-state index contributed by atoms with van der Waals surface area (Å²) in [7, 11) is 0. The van der Waals surface area contributed by atoms with Gasteiger partial charge in [-0.1, -0.05) is 25.6 Å². The fraction of sp³-hybridized carbons (Fsp3) is 0.318. The summed E-state index contributed by atoms with van der Waals surface area (Å²) in [4.78, 5) is 14.3. The van der Waals surface area contributed by atoms with Crippen LogP contribution in [0, 0.1) is 0 Å². The average Bonchev–Trinajstić information content (AvgIpc) is 3.43. The van der Waals surface area contributed by atoms with E-state index < -0.39 is 0 Å². The molecule has 0 atom stereocenters. The summed E-state index contributed by atoms with van der Waals surface area (Å²) in [6, 6.07) is 8.10. The number of ether oxygens (including phenoxy) is 2. The number of benzene rings is 1. The van der Waals surface area contributed by atoms with Crippen LogP contribution >= 0.6 is 11.8 Å². The van der Waals surface area contributed by atoms with Crippen LogP contribution in [0.2, 0.25) is 0 Å². The summed E-state index contributed by atoms with van der Waals surface area (Å²) >= 11 is 1.51. The third kappa shape index (κ3) is 3.98. The van der Waals surface area contributed by atoms with Gasteiger partial charge in [0.15, 0.2) is 33.6 Å². The lowest BCUT2D eigenvalue weighted by atomic mass is 10.1. The van der Waals surface area contributed by atoms with E-state index in [2.05, 4.69) is 33.7 Å².